The molecule has 0 radical (unpaired) electrons. The molecule has 6 heteroatoms. The highest BCUT2D eigenvalue weighted by atomic mass is 32.1. The van der Waals surface area contributed by atoms with Crippen molar-refractivity contribution in [3.8, 4) is 0 Å². The molecule has 3 heterocycles. The van der Waals surface area contributed by atoms with Gasteiger partial charge in [0.2, 0.25) is 0 Å². The first-order chi connectivity index (χ1) is 13.1. The smallest absolute Gasteiger partial charge is 0.142 e. The normalized spacial score (nSPS) is 16.6. The van der Waals surface area contributed by atoms with Gasteiger partial charge in [-0.2, -0.15) is 0 Å². The van der Waals surface area contributed by atoms with Crippen LogP contribution in [-0.2, 0) is 13.6 Å². The number of thiophene rings is 1. The Kier molecular flexibility index (Phi) is 5.29. The predicted octanol–water partition coefficient (Wildman–Crippen LogP) is 3.19. The van der Waals surface area contributed by atoms with E-state index in [0.717, 1.165) is 44.0 Å². The summed E-state index contributed by atoms with van der Waals surface area (Å²) < 4.78 is 1.88. The number of aliphatic hydroxyl groups is 1. The fourth-order valence-electron chi connectivity index (χ4n) is 3.72. The van der Waals surface area contributed by atoms with Gasteiger partial charge in [0.15, 0.2) is 0 Å². The van der Waals surface area contributed by atoms with Crippen molar-refractivity contribution in [1.82, 2.24) is 14.5 Å². The van der Waals surface area contributed by atoms with E-state index in [1.54, 1.807) is 6.20 Å². The third kappa shape index (κ3) is 3.93. The quantitative estimate of drug-likeness (QED) is 0.736. The summed E-state index contributed by atoms with van der Waals surface area (Å²) >= 11 is 1.89. The number of anilines is 1. The molecule has 0 spiro atoms. The van der Waals surface area contributed by atoms with Gasteiger partial charge in [-0.05, 0) is 25.1 Å². The van der Waals surface area contributed by atoms with Crippen LogP contribution in [0.2, 0.25) is 0 Å². The van der Waals surface area contributed by atoms with Crippen LogP contribution in [-0.4, -0.2) is 45.7 Å². The van der Waals surface area contributed by atoms with Crippen molar-refractivity contribution < 1.29 is 5.11 Å². The van der Waals surface area contributed by atoms with Gasteiger partial charge in [0.25, 0.3) is 0 Å². The number of imidazole rings is 1. The number of benzene rings is 1. The van der Waals surface area contributed by atoms with E-state index in [2.05, 4.69) is 39.9 Å². The number of aryl methyl sites for hydroxylation is 2. The Balaban J connectivity index is 1.46. The Morgan fingerprint density at radius 2 is 1.89 bits per heavy atom. The first-order valence-electron chi connectivity index (χ1n) is 9.38. The first-order valence-corrected chi connectivity index (χ1v) is 10.2. The lowest BCUT2D eigenvalue weighted by Gasteiger charge is -2.37. The second-order valence-electron chi connectivity index (χ2n) is 7.13. The highest BCUT2D eigenvalue weighted by molar-refractivity contribution is 7.11. The molecule has 1 atom stereocenters. The maximum Gasteiger partial charge on any atom is 0.142 e. The molecule has 1 unspecified atom stereocenters. The number of piperazine rings is 1. The summed E-state index contributed by atoms with van der Waals surface area (Å²) in [5, 5.41) is 10.9. The molecule has 0 saturated carbocycles. The Morgan fingerprint density at radius 3 is 2.56 bits per heavy atom. The van der Waals surface area contributed by atoms with Gasteiger partial charge in [-0.3, -0.25) is 4.90 Å². The van der Waals surface area contributed by atoms with Crippen LogP contribution < -0.4 is 4.90 Å². The van der Waals surface area contributed by atoms with Crippen molar-refractivity contribution in [3.05, 3.63) is 69.9 Å². The summed E-state index contributed by atoms with van der Waals surface area (Å²) in [7, 11) is 1.92. The van der Waals surface area contributed by atoms with Crippen LogP contribution in [0.15, 0.2) is 48.8 Å². The number of aliphatic hydroxyl groups excluding tert-OH is 1. The molecular weight excluding hydrogens is 356 g/mol. The standard InChI is InChI=1S/C21H26N4OS/c1-16-7-8-17(27-16)15-24-11-13-25(14-12-24)19-6-4-3-5-18(19)20(26)21-22-9-10-23(21)2/h3-10,20,26H,11-15H2,1-2H3. The van der Waals surface area contributed by atoms with Gasteiger partial charge in [-0.1, -0.05) is 18.2 Å². The second-order valence-corrected chi connectivity index (χ2v) is 8.51. The minimum absolute atomic E-state index is 0.675. The van der Waals surface area contributed by atoms with E-state index in [1.807, 2.05) is 47.3 Å². The highest BCUT2D eigenvalue weighted by Gasteiger charge is 2.24. The molecule has 3 aromatic rings. The zero-order valence-electron chi connectivity index (χ0n) is 15.9. The monoisotopic (exact) mass is 382 g/mol. The van der Waals surface area contributed by atoms with Gasteiger partial charge in [0, 0.05) is 73.2 Å². The summed E-state index contributed by atoms with van der Waals surface area (Å²) in [6, 6.07) is 12.6. The average Bonchev–Trinajstić information content (AvgIpc) is 3.30. The van der Waals surface area contributed by atoms with Crippen LogP contribution in [0.25, 0.3) is 0 Å². The number of rotatable bonds is 5. The molecule has 1 saturated heterocycles. The Labute approximate surface area is 164 Å². The molecular formula is C21H26N4OS. The van der Waals surface area contributed by atoms with Crippen molar-refractivity contribution in [2.45, 2.75) is 19.6 Å². The maximum atomic E-state index is 10.9. The van der Waals surface area contributed by atoms with E-state index >= 15 is 0 Å². The second kappa shape index (κ2) is 7.84. The van der Waals surface area contributed by atoms with Crippen LogP contribution in [0.1, 0.15) is 27.2 Å². The summed E-state index contributed by atoms with van der Waals surface area (Å²) in [6.07, 6.45) is 2.88. The Hall–Kier alpha value is -2.15. The summed E-state index contributed by atoms with van der Waals surface area (Å²) in [5.41, 5.74) is 2.04. The molecule has 1 aliphatic heterocycles. The van der Waals surface area contributed by atoms with E-state index in [9.17, 15) is 5.11 Å². The van der Waals surface area contributed by atoms with Crippen molar-refractivity contribution in [2.75, 3.05) is 31.1 Å². The third-order valence-corrected chi connectivity index (χ3v) is 6.21. The lowest BCUT2D eigenvalue weighted by atomic mass is 10.0. The molecule has 5 nitrogen and oxygen atoms in total. The summed E-state index contributed by atoms with van der Waals surface area (Å²) in [5.74, 6) is 0.675. The molecule has 1 aliphatic rings. The summed E-state index contributed by atoms with van der Waals surface area (Å²) in [4.78, 5) is 12.0. The van der Waals surface area contributed by atoms with E-state index in [4.69, 9.17) is 0 Å². The van der Waals surface area contributed by atoms with Crippen molar-refractivity contribution in [3.63, 3.8) is 0 Å². The SMILES string of the molecule is Cc1ccc(CN2CCN(c3ccccc3C(O)c3nccn3C)CC2)s1. The van der Waals surface area contributed by atoms with Gasteiger partial charge in [-0.15, -0.1) is 11.3 Å². The molecule has 0 aliphatic carbocycles. The molecule has 142 valence electrons. The Bertz CT molecular complexity index is 895. The zero-order valence-corrected chi connectivity index (χ0v) is 16.7. The van der Waals surface area contributed by atoms with Gasteiger partial charge in [-0.25, -0.2) is 4.98 Å². The van der Waals surface area contributed by atoms with Crippen LogP contribution >= 0.6 is 11.3 Å². The van der Waals surface area contributed by atoms with Crippen LogP contribution in [0, 0.1) is 6.92 Å². The minimum Gasteiger partial charge on any atom is -0.380 e. The fraction of sp³-hybridized carbons (Fsp3) is 0.381. The van der Waals surface area contributed by atoms with Crippen LogP contribution in [0.5, 0.6) is 0 Å². The zero-order chi connectivity index (χ0) is 18.8. The number of hydrogen-bond donors (Lipinski definition) is 1. The Morgan fingerprint density at radius 1 is 1.11 bits per heavy atom. The molecule has 4 rings (SSSR count). The first kappa shape index (κ1) is 18.2. The van der Waals surface area contributed by atoms with Gasteiger partial charge >= 0.3 is 0 Å². The molecule has 0 amide bonds. The summed E-state index contributed by atoms with van der Waals surface area (Å²) in [6.45, 7) is 7.19. The largest absolute Gasteiger partial charge is 0.380 e. The molecule has 27 heavy (non-hydrogen) atoms. The van der Waals surface area contributed by atoms with Crippen molar-refractivity contribution in [1.29, 1.82) is 0 Å². The highest BCUT2D eigenvalue weighted by Crippen LogP contribution is 2.30. The molecule has 1 aromatic carbocycles. The van der Waals surface area contributed by atoms with Crippen molar-refractivity contribution in [2.24, 2.45) is 7.05 Å². The third-order valence-electron chi connectivity index (χ3n) is 5.22. The maximum absolute atomic E-state index is 10.9. The van der Waals surface area contributed by atoms with E-state index in [-0.39, 0.29) is 0 Å². The molecule has 0 bridgehead atoms. The predicted molar refractivity (Wildman–Crippen MR) is 110 cm³/mol. The molecule has 1 N–H and O–H groups in total. The molecule has 1 fully saturated rings. The lowest BCUT2D eigenvalue weighted by molar-refractivity contribution is 0.205. The number of nitrogens with zero attached hydrogens (tertiary/aromatic N) is 4. The molecule has 2 aromatic heterocycles. The number of aromatic nitrogens is 2. The van der Waals surface area contributed by atoms with E-state index < -0.39 is 6.10 Å². The van der Waals surface area contributed by atoms with Gasteiger partial charge in [0.05, 0.1) is 0 Å². The van der Waals surface area contributed by atoms with Crippen LogP contribution in [0.4, 0.5) is 5.69 Å². The van der Waals surface area contributed by atoms with Gasteiger partial charge in [0.1, 0.15) is 11.9 Å². The lowest BCUT2D eigenvalue weighted by Crippen LogP contribution is -2.46. The van der Waals surface area contributed by atoms with E-state index in [0.29, 0.717) is 5.82 Å². The van der Waals surface area contributed by atoms with Crippen molar-refractivity contribution >= 4 is 17.0 Å². The fourth-order valence-corrected chi connectivity index (χ4v) is 4.66. The average molecular weight is 383 g/mol. The number of para-hydroxylation sites is 1. The minimum atomic E-state index is -0.715. The number of hydrogen-bond acceptors (Lipinski definition) is 5. The topological polar surface area (TPSA) is 44.5 Å². The van der Waals surface area contributed by atoms with Crippen LogP contribution in [0.3, 0.4) is 0 Å². The van der Waals surface area contributed by atoms with E-state index in [1.165, 1.54) is 9.75 Å². The van der Waals surface area contributed by atoms with Gasteiger partial charge < -0.3 is 14.6 Å².